The van der Waals surface area contributed by atoms with Crippen LogP contribution in [0.4, 0.5) is 4.39 Å². The fraction of sp³-hybridized carbons (Fsp3) is 0.375. The Bertz CT molecular complexity index is 1080. The molecule has 1 N–H and O–H groups in total. The van der Waals surface area contributed by atoms with Gasteiger partial charge in [0.1, 0.15) is 16.6 Å². The van der Waals surface area contributed by atoms with Crippen LogP contribution in [0, 0.1) is 12.7 Å². The maximum Gasteiger partial charge on any atom is 0.282 e. The molecule has 174 valence electrons. The van der Waals surface area contributed by atoms with Crippen molar-refractivity contribution in [2.24, 2.45) is 0 Å². The Balaban J connectivity index is 1.24. The molecule has 2 heterocycles. The standard InChI is InChI=1S/C24H28FN5O2S/c1-17-3-8-21(32-2)19(13-17)15-29-9-11-30(12-10-29)16-22-27-28-24(33-22)23(31)26-14-18-4-6-20(25)7-5-18/h3-8,13H,9-12,14-16H2,1-2H3,(H,26,31). The number of aryl methyl sites for hydroxylation is 1. The second kappa shape index (κ2) is 10.8. The number of ether oxygens (including phenoxy) is 1. The molecule has 0 spiro atoms. The third-order valence-electron chi connectivity index (χ3n) is 5.68. The SMILES string of the molecule is COc1ccc(C)cc1CN1CCN(Cc2nnc(C(=O)NCc3ccc(F)cc3)s2)CC1. The van der Waals surface area contributed by atoms with Gasteiger partial charge in [-0.15, -0.1) is 10.2 Å². The van der Waals surface area contributed by atoms with E-state index in [1.807, 2.05) is 6.07 Å². The number of halogens is 1. The van der Waals surface area contributed by atoms with E-state index in [1.165, 1.54) is 34.6 Å². The van der Waals surface area contributed by atoms with E-state index in [-0.39, 0.29) is 11.7 Å². The first-order chi connectivity index (χ1) is 16.0. The van der Waals surface area contributed by atoms with E-state index < -0.39 is 0 Å². The Labute approximate surface area is 197 Å². The van der Waals surface area contributed by atoms with Crippen molar-refractivity contribution in [1.29, 1.82) is 0 Å². The largest absolute Gasteiger partial charge is 0.496 e. The van der Waals surface area contributed by atoms with Crippen molar-refractivity contribution in [3.8, 4) is 5.75 Å². The highest BCUT2D eigenvalue weighted by molar-refractivity contribution is 7.13. The first-order valence-corrected chi connectivity index (χ1v) is 11.7. The van der Waals surface area contributed by atoms with E-state index in [0.717, 1.165) is 49.0 Å². The fourth-order valence-electron chi connectivity index (χ4n) is 3.84. The molecular weight excluding hydrogens is 441 g/mol. The summed E-state index contributed by atoms with van der Waals surface area (Å²) in [6, 6.07) is 12.3. The predicted molar refractivity (Wildman–Crippen MR) is 126 cm³/mol. The Hall–Kier alpha value is -2.88. The molecule has 0 aliphatic carbocycles. The quantitative estimate of drug-likeness (QED) is 0.546. The Morgan fingerprint density at radius 1 is 1.06 bits per heavy atom. The monoisotopic (exact) mass is 469 g/mol. The van der Waals surface area contributed by atoms with Crippen molar-refractivity contribution in [2.75, 3.05) is 33.3 Å². The molecule has 0 bridgehead atoms. The van der Waals surface area contributed by atoms with Crippen LogP contribution in [0.2, 0.25) is 0 Å². The Morgan fingerprint density at radius 2 is 1.76 bits per heavy atom. The maximum atomic E-state index is 13.0. The van der Waals surface area contributed by atoms with Gasteiger partial charge in [-0.3, -0.25) is 14.6 Å². The minimum absolute atomic E-state index is 0.264. The molecule has 1 aliphatic rings. The van der Waals surface area contributed by atoms with Gasteiger partial charge in [0.05, 0.1) is 13.7 Å². The van der Waals surface area contributed by atoms with Crippen LogP contribution in [-0.4, -0.2) is 59.2 Å². The number of piperazine rings is 1. The molecule has 1 aliphatic heterocycles. The molecule has 2 aromatic carbocycles. The lowest BCUT2D eigenvalue weighted by atomic mass is 10.1. The van der Waals surface area contributed by atoms with Gasteiger partial charge in [0.2, 0.25) is 5.01 Å². The molecule has 7 nitrogen and oxygen atoms in total. The van der Waals surface area contributed by atoms with Crippen molar-refractivity contribution >= 4 is 17.2 Å². The molecule has 0 saturated carbocycles. The summed E-state index contributed by atoms with van der Waals surface area (Å²) in [5.74, 6) is 0.372. The number of benzene rings is 2. The molecule has 1 fully saturated rings. The number of amides is 1. The van der Waals surface area contributed by atoms with Crippen molar-refractivity contribution in [1.82, 2.24) is 25.3 Å². The first kappa shape index (κ1) is 23.3. The summed E-state index contributed by atoms with van der Waals surface area (Å²) in [5, 5.41) is 12.2. The van der Waals surface area contributed by atoms with E-state index in [1.54, 1.807) is 19.2 Å². The zero-order chi connectivity index (χ0) is 23.2. The number of carbonyl (C=O) groups excluding carboxylic acids is 1. The van der Waals surface area contributed by atoms with Gasteiger partial charge < -0.3 is 10.1 Å². The fourth-order valence-corrected chi connectivity index (χ4v) is 4.64. The van der Waals surface area contributed by atoms with Crippen LogP contribution in [-0.2, 0) is 19.6 Å². The number of hydrogen-bond acceptors (Lipinski definition) is 7. The zero-order valence-electron chi connectivity index (χ0n) is 18.9. The molecule has 0 radical (unpaired) electrons. The highest BCUT2D eigenvalue weighted by Crippen LogP contribution is 2.22. The van der Waals surface area contributed by atoms with Crippen LogP contribution in [0.25, 0.3) is 0 Å². The summed E-state index contributed by atoms with van der Waals surface area (Å²) >= 11 is 1.32. The second-order valence-electron chi connectivity index (χ2n) is 8.18. The molecule has 4 rings (SSSR count). The number of carbonyl (C=O) groups is 1. The van der Waals surface area contributed by atoms with Crippen molar-refractivity contribution in [3.05, 3.63) is 75.0 Å². The van der Waals surface area contributed by atoms with E-state index in [4.69, 9.17) is 4.74 Å². The summed E-state index contributed by atoms with van der Waals surface area (Å²) < 4.78 is 18.5. The molecule has 0 atom stereocenters. The molecule has 0 unspecified atom stereocenters. The van der Waals surface area contributed by atoms with Gasteiger partial charge >= 0.3 is 0 Å². The number of hydrogen-bond donors (Lipinski definition) is 1. The number of aromatic nitrogens is 2. The minimum atomic E-state index is -0.297. The van der Waals surface area contributed by atoms with Gasteiger partial charge in [-0.2, -0.15) is 0 Å². The zero-order valence-corrected chi connectivity index (χ0v) is 19.7. The van der Waals surface area contributed by atoms with E-state index in [9.17, 15) is 9.18 Å². The van der Waals surface area contributed by atoms with E-state index in [2.05, 4.69) is 44.4 Å². The topological polar surface area (TPSA) is 70.6 Å². The van der Waals surface area contributed by atoms with Crippen molar-refractivity contribution < 1.29 is 13.9 Å². The van der Waals surface area contributed by atoms with Gasteiger partial charge in [-0.25, -0.2) is 4.39 Å². The third kappa shape index (κ3) is 6.34. The van der Waals surface area contributed by atoms with Crippen LogP contribution >= 0.6 is 11.3 Å². The van der Waals surface area contributed by atoms with Gasteiger partial charge in [-0.1, -0.05) is 41.2 Å². The number of nitrogens with zero attached hydrogens (tertiary/aromatic N) is 4. The van der Waals surface area contributed by atoms with E-state index in [0.29, 0.717) is 18.1 Å². The smallest absolute Gasteiger partial charge is 0.282 e. The molecule has 1 aromatic heterocycles. The highest BCUT2D eigenvalue weighted by Gasteiger charge is 2.20. The molecule has 9 heteroatoms. The van der Waals surface area contributed by atoms with Crippen LogP contribution < -0.4 is 10.1 Å². The average Bonchev–Trinajstić information content (AvgIpc) is 3.28. The summed E-state index contributed by atoms with van der Waals surface area (Å²) in [5.41, 5.74) is 3.28. The lowest BCUT2D eigenvalue weighted by molar-refractivity contribution is 0.0950. The van der Waals surface area contributed by atoms with E-state index >= 15 is 0 Å². The molecule has 33 heavy (non-hydrogen) atoms. The summed E-state index contributed by atoms with van der Waals surface area (Å²) in [7, 11) is 1.71. The number of methoxy groups -OCH3 is 1. The summed E-state index contributed by atoms with van der Waals surface area (Å²) in [4.78, 5) is 17.1. The van der Waals surface area contributed by atoms with Gasteiger partial charge in [0.25, 0.3) is 5.91 Å². The Morgan fingerprint density at radius 3 is 2.45 bits per heavy atom. The van der Waals surface area contributed by atoms with Gasteiger partial charge in [0, 0.05) is 44.8 Å². The minimum Gasteiger partial charge on any atom is -0.496 e. The van der Waals surface area contributed by atoms with Gasteiger partial charge in [0.15, 0.2) is 0 Å². The Kier molecular flexibility index (Phi) is 7.64. The molecule has 3 aromatic rings. The molecular formula is C24H28FN5O2S. The normalized spacial score (nSPS) is 14.9. The van der Waals surface area contributed by atoms with Crippen LogP contribution in [0.1, 0.15) is 31.5 Å². The van der Waals surface area contributed by atoms with Crippen LogP contribution in [0.5, 0.6) is 5.75 Å². The van der Waals surface area contributed by atoms with Crippen LogP contribution in [0.3, 0.4) is 0 Å². The maximum absolute atomic E-state index is 13.0. The summed E-state index contributed by atoms with van der Waals surface area (Å²) in [6.07, 6.45) is 0. The average molecular weight is 470 g/mol. The second-order valence-corrected chi connectivity index (χ2v) is 9.24. The predicted octanol–water partition coefficient (Wildman–Crippen LogP) is 3.24. The number of nitrogens with one attached hydrogen (secondary N) is 1. The number of rotatable bonds is 8. The highest BCUT2D eigenvalue weighted by atomic mass is 32.1. The van der Waals surface area contributed by atoms with Gasteiger partial charge in [-0.05, 0) is 30.7 Å². The molecule has 1 saturated heterocycles. The van der Waals surface area contributed by atoms with Crippen molar-refractivity contribution in [2.45, 2.75) is 26.6 Å². The first-order valence-electron chi connectivity index (χ1n) is 10.9. The lowest BCUT2D eigenvalue weighted by Gasteiger charge is -2.34. The molecule has 1 amide bonds. The third-order valence-corrected chi connectivity index (χ3v) is 6.59. The van der Waals surface area contributed by atoms with Crippen molar-refractivity contribution in [3.63, 3.8) is 0 Å². The van der Waals surface area contributed by atoms with Crippen LogP contribution in [0.15, 0.2) is 42.5 Å². The lowest BCUT2D eigenvalue weighted by Crippen LogP contribution is -2.45. The summed E-state index contributed by atoms with van der Waals surface area (Å²) in [6.45, 7) is 7.75.